The van der Waals surface area contributed by atoms with Gasteiger partial charge in [0.05, 0.1) is 11.1 Å². The zero-order valence-electron chi connectivity index (χ0n) is 15.4. The Balaban J connectivity index is 2.76. The van der Waals surface area contributed by atoms with Gasteiger partial charge in [-0.05, 0) is 39.0 Å². The number of nitrogens with zero attached hydrogens (tertiary/aromatic N) is 1. The van der Waals surface area contributed by atoms with Gasteiger partial charge in [0.2, 0.25) is 10.0 Å². The molecule has 26 heavy (non-hydrogen) atoms. The second-order valence-corrected chi connectivity index (χ2v) is 9.46. The highest BCUT2D eigenvalue weighted by molar-refractivity contribution is 7.89. The lowest BCUT2D eigenvalue weighted by molar-refractivity contribution is 0.0441. The van der Waals surface area contributed by atoms with Crippen LogP contribution in [0.4, 0.5) is 4.79 Å². The molecule has 7 nitrogen and oxygen atoms in total. The maximum absolute atomic E-state index is 12.7. The summed E-state index contributed by atoms with van der Waals surface area (Å²) >= 11 is 11.8. The van der Waals surface area contributed by atoms with Gasteiger partial charge in [0.1, 0.15) is 10.5 Å². The van der Waals surface area contributed by atoms with E-state index in [2.05, 4.69) is 5.32 Å². The fourth-order valence-corrected chi connectivity index (χ4v) is 3.92. The van der Waals surface area contributed by atoms with Crippen molar-refractivity contribution in [3.05, 3.63) is 28.2 Å². The predicted octanol–water partition coefficient (Wildman–Crippen LogP) is 3.15. The van der Waals surface area contributed by atoms with Crippen LogP contribution in [0.25, 0.3) is 0 Å². The van der Waals surface area contributed by atoms with E-state index in [0.717, 1.165) is 4.31 Å². The van der Waals surface area contributed by atoms with Crippen molar-refractivity contribution in [1.82, 2.24) is 9.62 Å². The van der Waals surface area contributed by atoms with Crippen LogP contribution in [0.1, 0.15) is 20.8 Å². The Kier molecular flexibility index (Phi) is 8.16. The summed E-state index contributed by atoms with van der Waals surface area (Å²) < 4.78 is 36.8. The van der Waals surface area contributed by atoms with Crippen LogP contribution in [0, 0.1) is 0 Å². The molecule has 1 N–H and O–H groups in total. The van der Waals surface area contributed by atoms with Crippen molar-refractivity contribution in [3.8, 4) is 0 Å². The van der Waals surface area contributed by atoms with Gasteiger partial charge in [-0.1, -0.05) is 23.2 Å². The van der Waals surface area contributed by atoms with E-state index in [1.165, 1.54) is 32.4 Å². The lowest BCUT2D eigenvalue weighted by atomic mass is 10.2. The van der Waals surface area contributed by atoms with Gasteiger partial charge in [-0.3, -0.25) is 0 Å². The normalized spacial score (nSPS) is 13.5. The quantitative estimate of drug-likeness (QED) is 0.723. The molecule has 1 aromatic rings. The number of likely N-dealkylation sites (N-methyl/N-ethyl adjacent to an activating group) is 1. The minimum Gasteiger partial charge on any atom is -0.444 e. The van der Waals surface area contributed by atoms with E-state index < -0.39 is 27.8 Å². The third kappa shape index (κ3) is 6.92. The first-order valence-electron chi connectivity index (χ1n) is 7.78. The molecule has 148 valence electrons. The lowest BCUT2D eigenvalue weighted by Gasteiger charge is -2.24. The number of hydrogen-bond acceptors (Lipinski definition) is 5. The van der Waals surface area contributed by atoms with Gasteiger partial charge in [-0.2, -0.15) is 4.31 Å². The number of nitrogens with one attached hydrogen (secondary N) is 1. The summed E-state index contributed by atoms with van der Waals surface area (Å²) in [7, 11) is -1.01. The molecule has 0 bridgehead atoms. The standard InChI is InChI=1S/C16H24Cl2N2O5S/c1-16(2,3)25-15(21)19-9-12(24-5)10-20(4)26(22,23)14-7-6-11(17)8-13(14)18/h6-8,12H,9-10H2,1-5H3,(H,19,21). The van der Waals surface area contributed by atoms with Crippen molar-refractivity contribution < 1.29 is 22.7 Å². The summed E-state index contributed by atoms with van der Waals surface area (Å²) in [5.74, 6) is 0. The van der Waals surface area contributed by atoms with E-state index in [1.807, 2.05) is 0 Å². The molecule has 10 heteroatoms. The van der Waals surface area contributed by atoms with Crippen molar-refractivity contribution in [2.24, 2.45) is 0 Å². The molecule has 0 aliphatic rings. The molecule has 0 aliphatic heterocycles. The van der Waals surface area contributed by atoms with E-state index >= 15 is 0 Å². The van der Waals surface area contributed by atoms with Crippen molar-refractivity contribution in [2.45, 2.75) is 37.4 Å². The van der Waals surface area contributed by atoms with E-state index in [1.54, 1.807) is 20.8 Å². The Bertz CT molecular complexity index is 735. The number of amides is 1. The number of hydrogen-bond donors (Lipinski definition) is 1. The SMILES string of the molecule is COC(CNC(=O)OC(C)(C)C)CN(C)S(=O)(=O)c1ccc(Cl)cc1Cl. The van der Waals surface area contributed by atoms with Gasteiger partial charge in [-0.15, -0.1) is 0 Å². The van der Waals surface area contributed by atoms with Crippen LogP contribution < -0.4 is 5.32 Å². The summed E-state index contributed by atoms with van der Waals surface area (Å²) in [5, 5.41) is 2.93. The van der Waals surface area contributed by atoms with Crippen LogP contribution in [-0.2, 0) is 19.5 Å². The highest BCUT2D eigenvalue weighted by Gasteiger charge is 2.26. The molecule has 1 aromatic carbocycles. The van der Waals surface area contributed by atoms with Gasteiger partial charge in [0, 0.05) is 32.3 Å². The van der Waals surface area contributed by atoms with Gasteiger partial charge >= 0.3 is 6.09 Å². The van der Waals surface area contributed by atoms with Crippen LogP contribution >= 0.6 is 23.2 Å². The molecule has 0 radical (unpaired) electrons. The number of sulfonamides is 1. The van der Waals surface area contributed by atoms with Crippen molar-refractivity contribution >= 4 is 39.3 Å². The van der Waals surface area contributed by atoms with Crippen LogP contribution in [-0.4, -0.2) is 57.8 Å². The number of rotatable bonds is 7. The summed E-state index contributed by atoms with van der Waals surface area (Å²) in [6.45, 7) is 5.33. The first-order chi connectivity index (χ1) is 11.9. The molecule has 0 heterocycles. The predicted molar refractivity (Wildman–Crippen MR) is 101 cm³/mol. The lowest BCUT2D eigenvalue weighted by Crippen LogP contribution is -2.43. The fourth-order valence-electron chi connectivity index (χ4n) is 1.97. The molecule has 0 saturated heterocycles. The molecular formula is C16H24Cl2N2O5S. The van der Waals surface area contributed by atoms with E-state index in [9.17, 15) is 13.2 Å². The molecule has 0 aromatic heterocycles. The Morgan fingerprint density at radius 3 is 2.42 bits per heavy atom. The third-order valence-electron chi connectivity index (χ3n) is 3.25. The maximum atomic E-state index is 12.7. The molecule has 1 unspecified atom stereocenters. The molecular weight excluding hydrogens is 403 g/mol. The van der Waals surface area contributed by atoms with Crippen molar-refractivity contribution in [2.75, 3.05) is 27.2 Å². The first kappa shape index (κ1) is 23.0. The van der Waals surface area contributed by atoms with Gasteiger partial charge < -0.3 is 14.8 Å². The second kappa shape index (κ2) is 9.23. The number of carbonyl (C=O) groups excluding carboxylic acids is 1. The van der Waals surface area contributed by atoms with Gasteiger partial charge in [0.25, 0.3) is 0 Å². The first-order valence-corrected chi connectivity index (χ1v) is 9.97. The van der Waals surface area contributed by atoms with Crippen LogP contribution in [0.2, 0.25) is 10.0 Å². The van der Waals surface area contributed by atoms with Crippen LogP contribution in [0.5, 0.6) is 0 Å². The van der Waals surface area contributed by atoms with Gasteiger partial charge in [-0.25, -0.2) is 13.2 Å². The number of alkyl carbamates (subject to hydrolysis) is 1. The van der Waals surface area contributed by atoms with Crippen LogP contribution in [0.3, 0.4) is 0 Å². The number of carbonyl (C=O) groups is 1. The number of halogens is 2. The van der Waals surface area contributed by atoms with Crippen LogP contribution in [0.15, 0.2) is 23.1 Å². The number of benzene rings is 1. The summed E-state index contributed by atoms with van der Waals surface area (Å²) in [5.41, 5.74) is -0.627. The largest absolute Gasteiger partial charge is 0.444 e. The second-order valence-electron chi connectivity index (χ2n) is 6.60. The zero-order chi connectivity index (χ0) is 20.1. The number of methoxy groups -OCH3 is 1. The Hall–Kier alpha value is -1.06. The highest BCUT2D eigenvalue weighted by atomic mass is 35.5. The molecule has 0 aliphatic carbocycles. The number of ether oxygens (including phenoxy) is 2. The molecule has 0 spiro atoms. The Labute approximate surface area is 164 Å². The monoisotopic (exact) mass is 426 g/mol. The molecule has 1 atom stereocenters. The minimum absolute atomic E-state index is 0.00753. The summed E-state index contributed by atoms with van der Waals surface area (Å²) in [6, 6.07) is 4.16. The smallest absolute Gasteiger partial charge is 0.407 e. The van der Waals surface area contributed by atoms with E-state index in [-0.39, 0.29) is 23.0 Å². The van der Waals surface area contributed by atoms with Crippen molar-refractivity contribution in [1.29, 1.82) is 0 Å². The highest BCUT2D eigenvalue weighted by Crippen LogP contribution is 2.27. The topological polar surface area (TPSA) is 84.9 Å². The summed E-state index contributed by atoms with van der Waals surface area (Å²) in [4.78, 5) is 11.7. The molecule has 0 saturated carbocycles. The minimum atomic E-state index is -3.84. The average Bonchev–Trinajstić information content (AvgIpc) is 2.48. The summed E-state index contributed by atoms with van der Waals surface area (Å²) in [6.07, 6.45) is -1.18. The molecule has 1 amide bonds. The van der Waals surface area contributed by atoms with E-state index in [0.29, 0.717) is 5.02 Å². The molecule has 0 fully saturated rings. The van der Waals surface area contributed by atoms with Gasteiger partial charge in [0.15, 0.2) is 0 Å². The zero-order valence-corrected chi connectivity index (χ0v) is 17.7. The Morgan fingerprint density at radius 2 is 1.92 bits per heavy atom. The third-order valence-corrected chi connectivity index (χ3v) is 5.79. The fraction of sp³-hybridized carbons (Fsp3) is 0.562. The Morgan fingerprint density at radius 1 is 1.31 bits per heavy atom. The maximum Gasteiger partial charge on any atom is 0.407 e. The van der Waals surface area contributed by atoms with E-state index in [4.69, 9.17) is 32.7 Å². The van der Waals surface area contributed by atoms with Crippen molar-refractivity contribution in [3.63, 3.8) is 0 Å². The average molecular weight is 427 g/mol. The molecule has 1 rings (SSSR count).